The maximum atomic E-state index is 12.3. The highest BCUT2D eigenvalue weighted by Gasteiger charge is 2.19. The molecule has 0 saturated carbocycles. The Morgan fingerprint density at radius 3 is 2.37 bits per heavy atom. The third-order valence-electron chi connectivity index (χ3n) is 4.32. The first-order valence-electron chi connectivity index (χ1n) is 9.28. The van der Waals surface area contributed by atoms with Gasteiger partial charge in [0.2, 0.25) is 5.91 Å². The fourth-order valence-corrected chi connectivity index (χ4v) is 3.55. The Hall–Kier alpha value is -3.20. The monoisotopic (exact) mass is 428 g/mol. The van der Waals surface area contributed by atoms with Crippen molar-refractivity contribution < 1.29 is 19.0 Å². The van der Waals surface area contributed by atoms with Gasteiger partial charge in [-0.25, -0.2) is 0 Å². The lowest BCUT2D eigenvalue weighted by molar-refractivity contribution is -0.113. The van der Waals surface area contributed by atoms with Gasteiger partial charge in [0.05, 0.1) is 25.7 Å². The van der Waals surface area contributed by atoms with Crippen LogP contribution < -0.4 is 19.5 Å². The van der Waals surface area contributed by atoms with E-state index >= 15 is 0 Å². The van der Waals surface area contributed by atoms with Crippen molar-refractivity contribution in [1.82, 2.24) is 14.8 Å². The molecule has 1 aromatic heterocycles. The molecule has 1 N–H and O–H groups in total. The Kier molecular flexibility index (Phi) is 7.18. The molecule has 30 heavy (non-hydrogen) atoms. The second-order valence-electron chi connectivity index (χ2n) is 6.35. The molecule has 0 spiro atoms. The summed E-state index contributed by atoms with van der Waals surface area (Å²) in [5.74, 6) is 2.56. The maximum absolute atomic E-state index is 12.3. The molecule has 1 atom stereocenters. The Bertz CT molecular complexity index is 1010. The van der Waals surface area contributed by atoms with Crippen LogP contribution in [0.1, 0.15) is 18.9 Å². The number of amides is 1. The molecule has 3 rings (SSSR count). The molecule has 9 heteroatoms. The van der Waals surface area contributed by atoms with Crippen LogP contribution in [0.4, 0.5) is 5.69 Å². The van der Waals surface area contributed by atoms with Crippen molar-refractivity contribution in [2.24, 2.45) is 7.05 Å². The van der Waals surface area contributed by atoms with E-state index in [9.17, 15) is 4.79 Å². The summed E-state index contributed by atoms with van der Waals surface area (Å²) in [5, 5.41) is 11.9. The highest BCUT2D eigenvalue weighted by molar-refractivity contribution is 7.99. The summed E-state index contributed by atoms with van der Waals surface area (Å²) in [4.78, 5) is 12.3. The molecule has 0 radical (unpaired) electrons. The highest BCUT2D eigenvalue weighted by Crippen LogP contribution is 2.31. The summed E-state index contributed by atoms with van der Waals surface area (Å²) in [6, 6.07) is 14.7. The lowest BCUT2D eigenvalue weighted by Crippen LogP contribution is -2.15. The Balaban J connectivity index is 1.61. The van der Waals surface area contributed by atoms with Gasteiger partial charge in [0, 0.05) is 7.05 Å². The average Bonchev–Trinajstić information content (AvgIpc) is 3.13. The first-order chi connectivity index (χ1) is 14.5. The van der Waals surface area contributed by atoms with Gasteiger partial charge in [-0.15, -0.1) is 10.2 Å². The molecule has 0 saturated heterocycles. The number of carbonyl (C=O) groups is 1. The van der Waals surface area contributed by atoms with Crippen molar-refractivity contribution in [2.75, 3.05) is 25.3 Å². The largest absolute Gasteiger partial charge is 0.495 e. The van der Waals surface area contributed by atoms with Gasteiger partial charge in [0.25, 0.3) is 0 Å². The lowest BCUT2D eigenvalue weighted by Gasteiger charge is -2.16. The van der Waals surface area contributed by atoms with E-state index in [0.29, 0.717) is 33.9 Å². The van der Waals surface area contributed by atoms with Gasteiger partial charge in [0.15, 0.2) is 28.6 Å². The topological polar surface area (TPSA) is 87.5 Å². The lowest BCUT2D eigenvalue weighted by atomic mass is 10.3. The fraction of sp³-hybridized carbons (Fsp3) is 0.286. The predicted molar refractivity (Wildman–Crippen MR) is 115 cm³/mol. The molecule has 0 bridgehead atoms. The van der Waals surface area contributed by atoms with E-state index in [1.54, 1.807) is 26.4 Å². The minimum atomic E-state index is -0.351. The van der Waals surface area contributed by atoms with Crippen molar-refractivity contribution in [2.45, 2.75) is 18.2 Å². The van der Waals surface area contributed by atoms with E-state index in [2.05, 4.69) is 15.5 Å². The molecule has 0 fully saturated rings. The minimum absolute atomic E-state index is 0.160. The van der Waals surface area contributed by atoms with E-state index in [-0.39, 0.29) is 17.8 Å². The number of benzene rings is 2. The van der Waals surface area contributed by atoms with E-state index in [1.807, 2.05) is 54.9 Å². The smallest absolute Gasteiger partial charge is 0.234 e. The van der Waals surface area contributed by atoms with Crippen LogP contribution in [0.2, 0.25) is 0 Å². The number of ether oxygens (including phenoxy) is 3. The van der Waals surface area contributed by atoms with Crippen LogP contribution in [0.15, 0.2) is 53.7 Å². The van der Waals surface area contributed by atoms with Gasteiger partial charge in [-0.2, -0.15) is 0 Å². The van der Waals surface area contributed by atoms with Crippen molar-refractivity contribution in [1.29, 1.82) is 0 Å². The molecule has 0 aliphatic heterocycles. The summed E-state index contributed by atoms with van der Waals surface area (Å²) in [6.07, 6.45) is -0.351. The number of anilines is 1. The summed E-state index contributed by atoms with van der Waals surface area (Å²) >= 11 is 1.30. The maximum Gasteiger partial charge on any atom is 0.234 e. The van der Waals surface area contributed by atoms with Crippen molar-refractivity contribution in [3.63, 3.8) is 0 Å². The van der Waals surface area contributed by atoms with Gasteiger partial charge in [0.1, 0.15) is 5.75 Å². The number of para-hydroxylation sites is 4. The predicted octanol–water partition coefficient (Wildman–Crippen LogP) is 3.70. The zero-order valence-electron chi connectivity index (χ0n) is 17.3. The third kappa shape index (κ3) is 5.04. The number of hydrogen-bond donors (Lipinski definition) is 1. The van der Waals surface area contributed by atoms with Crippen LogP contribution in [-0.2, 0) is 11.8 Å². The molecular formula is C21H24N4O4S. The molecular weight excluding hydrogens is 404 g/mol. The Labute approximate surface area is 179 Å². The summed E-state index contributed by atoms with van der Waals surface area (Å²) in [7, 11) is 5.01. The van der Waals surface area contributed by atoms with E-state index in [4.69, 9.17) is 14.2 Å². The molecule has 1 heterocycles. The van der Waals surface area contributed by atoms with Crippen molar-refractivity contribution in [3.05, 3.63) is 54.4 Å². The number of rotatable bonds is 9. The van der Waals surface area contributed by atoms with Crippen LogP contribution in [0.25, 0.3) is 0 Å². The minimum Gasteiger partial charge on any atom is -0.495 e. The normalized spacial score (nSPS) is 11.6. The van der Waals surface area contributed by atoms with Gasteiger partial charge >= 0.3 is 0 Å². The zero-order chi connectivity index (χ0) is 21.5. The molecule has 0 aliphatic carbocycles. The van der Waals surface area contributed by atoms with Gasteiger partial charge in [-0.3, -0.25) is 4.79 Å². The number of nitrogens with one attached hydrogen (secondary N) is 1. The highest BCUT2D eigenvalue weighted by atomic mass is 32.2. The van der Waals surface area contributed by atoms with E-state index in [1.165, 1.54) is 11.8 Å². The zero-order valence-corrected chi connectivity index (χ0v) is 18.1. The molecule has 3 aromatic rings. The number of carbonyl (C=O) groups excluding carboxylic acids is 1. The number of methoxy groups -OCH3 is 2. The summed E-state index contributed by atoms with van der Waals surface area (Å²) in [5.41, 5.74) is 0.628. The van der Waals surface area contributed by atoms with Crippen LogP contribution in [-0.4, -0.2) is 40.6 Å². The molecule has 158 valence electrons. The van der Waals surface area contributed by atoms with E-state index in [0.717, 1.165) is 0 Å². The molecule has 1 amide bonds. The van der Waals surface area contributed by atoms with E-state index < -0.39 is 0 Å². The summed E-state index contributed by atoms with van der Waals surface area (Å²) in [6.45, 7) is 1.89. The van der Waals surface area contributed by atoms with Crippen molar-refractivity contribution >= 4 is 23.4 Å². The second kappa shape index (κ2) is 10.0. The van der Waals surface area contributed by atoms with Gasteiger partial charge in [-0.05, 0) is 31.2 Å². The first kappa shape index (κ1) is 21.5. The molecule has 8 nitrogen and oxygen atoms in total. The van der Waals surface area contributed by atoms with Crippen LogP contribution in [0.3, 0.4) is 0 Å². The number of aromatic nitrogens is 3. The van der Waals surface area contributed by atoms with Crippen LogP contribution in [0.5, 0.6) is 17.2 Å². The standard InChI is InChI=1S/C21H24N4O4S/c1-14(29-18-12-8-7-11-17(18)28-4)20-23-24-21(25(20)2)30-13-19(26)22-15-9-5-6-10-16(15)27-3/h5-12,14H,13H2,1-4H3,(H,22,26). The second-order valence-corrected chi connectivity index (χ2v) is 7.29. The Morgan fingerprint density at radius 2 is 1.67 bits per heavy atom. The Morgan fingerprint density at radius 1 is 1.03 bits per heavy atom. The number of hydrogen-bond acceptors (Lipinski definition) is 7. The molecule has 2 aromatic carbocycles. The third-order valence-corrected chi connectivity index (χ3v) is 5.34. The average molecular weight is 429 g/mol. The number of nitrogens with zero attached hydrogens (tertiary/aromatic N) is 3. The summed E-state index contributed by atoms with van der Waals surface area (Å²) < 4.78 is 18.4. The quantitative estimate of drug-likeness (QED) is 0.520. The van der Waals surface area contributed by atoms with Gasteiger partial charge < -0.3 is 24.1 Å². The van der Waals surface area contributed by atoms with Crippen LogP contribution in [0, 0.1) is 0 Å². The molecule has 0 aliphatic rings. The van der Waals surface area contributed by atoms with Crippen molar-refractivity contribution in [3.8, 4) is 17.2 Å². The first-order valence-corrected chi connectivity index (χ1v) is 10.3. The number of thioether (sulfide) groups is 1. The fourth-order valence-electron chi connectivity index (χ4n) is 2.83. The van der Waals surface area contributed by atoms with Crippen LogP contribution >= 0.6 is 11.8 Å². The van der Waals surface area contributed by atoms with Gasteiger partial charge in [-0.1, -0.05) is 36.0 Å². The molecule has 1 unspecified atom stereocenters. The SMILES string of the molecule is COc1ccccc1NC(=O)CSc1nnc(C(C)Oc2ccccc2OC)n1C.